The molecule has 0 heterocycles. The van der Waals surface area contributed by atoms with E-state index in [1.165, 1.54) is 0 Å². The Bertz CT molecular complexity index is 722. The number of anilines is 1. The van der Waals surface area contributed by atoms with Gasteiger partial charge in [-0.25, -0.2) is 26.0 Å². The van der Waals surface area contributed by atoms with E-state index in [9.17, 15) is 26.0 Å². The summed E-state index contributed by atoms with van der Waals surface area (Å²) in [5.74, 6) is -5.39. The van der Waals surface area contributed by atoms with Gasteiger partial charge in [0.1, 0.15) is 5.82 Å². The number of nitrogens with one attached hydrogen (secondary N) is 1. The van der Waals surface area contributed by atoms with Gasteiger partial charge in [0.2, 0.25) is 0 Å². The quantitative estimate of drug-likeness (QED) is 0.700. The van der Waals surface area contributed by atoms with Gasteiger partial charge in [0.05, 0.1) is 10.6 Å². The molecule has 106 valence electrons. The fourth-order valence-electron chi connectivity index (χ4n) is 1.44. The highest BCUT2D eigenvalue weighted by Gasteiger charge is 2.17. The van der Waals surface area contributed by atoms with Crippen LogP contribution in [0, 0.1) is 23.3 Å². The summed E-state index contributed by atoms with van der Waals surface area (Å²) in [5, 5.41) is 0. The van der Waals surface area contributed by atoms with Crippen molar-refractivity contribution >= 4 is 15.7 Å². The molecule has 0 saturated carbocycles. The van der Waals surface area contributed by atoms with Gasteiger partial charge in [0.15, 0.2) is 17.5 Å². The third-order valence-electron chi connectivity index (χ3n) is 2.36. The third-order valence-corrected chi connectivity index (χ3v) is 3.76. The molecule has 2 aromatic carbocycles. The molecular formula is C12H7F4NO2S. The molecule has 0 aliphatic carbocycles. The van der Waals surface area contributed by atoms with Gasteiger partial charge >= 0.3 is 0 Å². The Kier molecular flexibility index (Phi) is 3.67. The van der Waals surface area contributed by atoms with Crippen LogP contribution < -0.4 is 4.72 Å². The van der Waals surface area contributed by atoms with Gasteiger partial charge in [-0.2, -0.15) is 0 Å². The van der Waals surface area contributed by atoms with Gasteiger partial charge in [-0.1, -0.05) is 0 Å². The second kappa shape index (κ2) is 5.12. The molecule has 0 bridgehead atoms. The number of rotatable bonds is 3. The lowest BCUT2D eigenvalue weighted by Crippen LogP contribution is -2.13. The summed E-state index contributed by atoms with van der Waals surface area (Å²) >= 11 is 0. The summed E-state index contributed by atoms with van der Waals surface area (Å²) in [4.78, 5) is -0.302. The Morgan fingerprint density at radius 2 is 1.35 bits per heavy atom. The summed E-state index contributed by atoms with van der Waals surface area (Å²) < 4.78 is 76.9. The van der Waals surface area contributed by atoms with Gasteiger partial charge < -0.3 is 0 Å². The fraction of sp³-hybridized carbons (Fsp3) is 0. The minimum atomic E-state index is -4.15. The van der Waals surface area contributed by atoms with Gasteiger partial charge in [-0.3, -0.25) is 4.72 Å². The van der Waals surface area contributed by atoms with Gasteiger partial charge in [-0.05, 0) is 24.3 Å². The van der Waals surface area contributed by atoms with E-state index in [2.05, 4.69) is 0 Å². The van der Waals surface area contributed by atoms with Gasteiger partial charge in [0, 0.05) is 12.1 Å². The first-order valence-corrected chi connectivity index (χ1v) is 6.71. The van der Waals surface area contributed by atoms with Crippen LogP contribution in [0.2, 0.25) is 0 Å². The molecule has 1 N–H and O–H groups in total. The molecule has 0 aromatic heterocycles. The lowest BCUT2D eigenvalue weighted by Gasteiger charge is -2.08. The van der Waals surface area contributed by atoms with Crippen LogP contribution in [0.15, 0.2) is 41.3 Å². The molecule has 0 amide bonds. The van der Waals surface area contributed by atoms with Crippen molar-refractivity contribution in [2.24, 2.45) is 0 Å². The molecule has 3 nitrogen and oxygen atoms in total. The fourth-order valence-corrected chi connectivity index (χ4v) is 2.48. The zero-order valence-electron chi connectivity index (χ0n) is 9.70. The first kappa shape index (κ1) is 14.3. The Hall–Kier alpha value is -2.09. The van der Waals surface area contributed by atoms with Crippen LogP contribution in [0.3, 0.4) is 0 Å². The summed E-state index contributed by atoms with van der Waals surface area (Å²) in [6, 6.07) is 4.79. The van der Waals surface area contributed by atoms with Crippen molar-refractivity contribution in [3.63, 3.8) is 0 Å². The summed E-state index contributed by atoms with van der Waals surface area (Å²) in [5.41, 5.74) is -0.481. The van der Waals surface area contributed by atoms with Crippen molar-refractivity contribution in [2.45, 2.75) is 4.90 Å². The van der Waals surface area contributed by atoms with Crippen molar-refractivity contribution in [3.05, 3.63) is 59.7 Å². The van der Waals surface area contributed by atoms with Gasteiger partial charge in [0.25, 0.3) is 10.0 Å². The molecule has 0 atom stereocenters. The smallest absolute Gasteiger partial charge is 0.261 e. The second-order valence-corrected chi connectivity index (χ2v) is 5.50. The Morgan fingerprint density at radius 1 is 0.850 bits per heavy atom. The SMILES string of the molecule is O=S(=O)(Nc1cc(F)c(F)c(F)c1)c1ccc(F)cc1. The Labute approximate surface area is 111 Å². The maximum atomic E-state index is 13.0. The predicted molar refractivity (Wildman–Crippen MR) is 63.5 cm³/mol. The molecule has 0 unspecified atom stereocenters. The van der Waals surface area contributed by atoms with Gasteiger partial charge in [-0.15, -0.1) is 0 Å². The second-order valence-electron chi connectivity index (χ2n) is 3.81. The van der Waals surface area contributed by atoms with E-state index in [4.69, 9.17) is 0 Å². The Balaban J connectivity index is 2.36. The topological polar surface area (TPSA) is 46.2 Å². The molecule has 2 aromatic rings. The lowest BCUT2D eigenvalue weighted by atomic mass is 10.3. The zero-order chi connectivity index (χ0) is 14.9. The summed E-state index contributed by atoms with van der Waals surface area (Å²) in [6.45, 7) is 0. The molecule has 0 spiro atoms. The van der Waals surface area contributed by atoms with Crippen LogP contribution in [0.1, 0.15) is 0 Å². The Morgan fingerprint density at radius 3 is 1.85 bits per heavy atom. The zero-order valence-corrected chi connectivity index (χ0v) is 10.5. The number of halogens is 4. The molecular weight excluding hydrogens is 298 g/mol. The van der Waals surface area contributed by atoms with Crippen molar-refractivity contribution in [1.82, 2.24) is 0 Å². The number of hydrogen-bond donors (Lipinski definition) is 1. The molecule has 0 fully saturated rings. The number of sulfonamides is 1. The molecule has 8 heteroatoms. The highest BCUT2D eigenvalue weighted by Crippen LogP contribution is 2.21. The van der Waals surface area contributed by atoms with E-state index in [-0.39, 0.29) is 4.90 Å². The van der Waals surface area contributed by atoms with Crippen LogP contribution in [-0.2, 0) is 10.0 Å². The standard InChI is InChI=1S/C12H7F4NO2S/c13-7-1-3-9(4-2-7)20(18,19)17-8-5-10(14)12(16)11(15)6-8/h1-6,17H. The summed E-state index contributed by atoms with van der Waals surface area (Å²) in [7, 11) is -4.15. The van der Waals surface area contributed by atoms with E-state index < -0.39 is 39.0 Å². The minimum Gasteiger partial charge on any atom is -0.279 e. The van der Waals surface area contributed by atoms with Crippen LogP contribution in [0.4, 0.5) is 23.2 Å². The number of hydrogen-bond acceptors (Lipinski definition) is 2. The molecule has 20 heavy (non-hydrogen) atoms. The highest BCUT2D eigenvalue weighted by atomic mass is 32.2. The van der Waals surface area contributed by atoms with Crippen molar-refractivity contribution in [1.29, 1.82) is 0 Å². The first-order valence-electron chi connectivity index (χ1n) is 5.22. The normalized spacial score (nSPS) is 11.4. The van der Waals surface area contributed by atoms with E-state index in [1.807, 2.05) is 4.72 Å². The summed E-state index contributed by atoms with van der Waals surface area (Å²) in [6.07, 6.45) is 0. The van der Waals surface area contributed by atoms with Crippen LogP contribution in [-0.4, -0.2) is 8.42 Å². The monoisotopic (exact) mass is 305 g/mol. The van der Waals surface area contributed by atoms with Crippen LogP contribution in [0.25, 0.3) is 0 Å². The third kappa shape index (κ3) is 2.90. The molecule has 0 aliphatic rings. The largest absolute Gasteiger partial charge is 0.279 e. The van der Waals surface area contributed by atoms with E-state index in [0.717, 1.165) is 24.3 Å². The van der Waals surface area contributed by atoms with Crippen molar-refractivity contribution in [2.75, 3.05) is 4.72 Å². The van der Waals surface area contributed by atoms with E-state index in [0.29, 0.717) is 12.1 Å². The molecule has 0 aliphatic heterocycles. The highest BCUT2D eigenvalue weighted by molar-refractivity contribution is 7.92. The average molecular weight is 305 g/mol. The molecule has 2 rings (SSSR count). The maximum absolute atomic E-state index is 13.0. The first-order chi connectivity index (χ1) is 9.29. The number of benzene rings is 2. The average Bonchev–Trinajstić information content (AvgIpc) is 2.36. The maximum Gasteiger partial charge on any atom is 0.261 e. The molecule has 0 saturated heterocycles. The predicted octanol–water partition coefficient (Wildman–Crippen LogP) is 3.04. The minimum absolute atomic E-state index is 0.302. The van der Waals surface area contributed by atoms with Crippen LogP contribution in [0.5, 0.6) is 0 Å². The van der Waals surface area contributed by atoms with Crippen LogP contribution >= 0.6 is 0 Å². The lowest BCUT2D eigenvalue weighted by molar-refractivity contribution is 0.448. The van der Waals surface area contributed by atoms with Crippen molar-refractivity contribution in [3.8, 4) is 0 Å². The van der Waals surface area contributed by atoms with E-state index in [1.54, 1.807) is 0 Å². The van der Waals surface area contributed by atoms with Crippen molar-refractivity contribution < 1.29 is 26.0 Å². The molecule has 0 radical (unpaired) electrons. The van der Waals surface area contributed by atoms with E-state index >= 15 is 0 Å².